The fraction of sp³-hybridized carbons (Fsp3) is 0.640. The highest BCUT2D eigenvalue weighted by molar-refractivity contribution is 6.34. The van der Waals surface area contributed by atoms with E-state index in [1.165, 1.54) is 7.11 Å². The second kappa shape index (κ2) is 10.1. The topological polar surface area (TPSA) is 90.6 Å². The van der Waals surface area contributed by atoms with E-state index in [1.54, 1.807) is 0 Å². The maximum atomic E-state index is 13.6. The minimum absolute atomic E-state index is 0.0344. The molecule has 0 spiro atoms. The van der Waals surface area contributed by atoms with Gasteiger partial charge >= 0.3 is 6.09 Å². The Morgan fingerprint density at radius 1 is 1.26 bits per heavy atom. The lowest BCUT2D eigenvalue weighted by Gasteiger charge is -2.41. The Labute approximate surface area is 206 Å². The van der Waals surface area contributed by atoms with Crippen molar-refractivity contribution in [2.45, 2.75) is 65.0 Å². The number of hydrogen-bond acceptors (Lipinski definition) is 6. The molecule has 1 aliphatic carbocycles. The van der Waals surface area contributed by atoms with Crippen LogP contribution >= 0.6 is 11.6 Å². The van der Waals surface area contributed by atoms with Crippen LogP contribution in [0.4, 0.5) is 10.5 Å². The molecule has 1 saturated heterocycles. The number of aromatic amines is 1. The van der Waals surface area contributed by atoms with Gasteiger partial charge in [-0.25, -0.2) is 9.78 Å². The van der Waals surface area contributed by atoms with Crippen LogP contribution < -0.4 is 10.2 Å². The van der Waals surface area contributed by atoms with Gasteiger partial charge in [-0.05, 0) is 57.7 Å². The van der Waals surface area contributed by atoms with Crippen molar-refractivity contribution in [3.8, 4) is 0 Å². The number of rotatable bonds is 6. The number of carbonyl (C=O) groups excluding carboxylic acids is 2. The summed E-state index contributed by atoms with van der Waals surface area (Å²) in [6.45, 7) is 10.4. The van der Waals surface area contributed by atoms with Gasteiger partial charge in [0.15, 0.2) is 5.82 Å². The molecule has 1 aromatic heterocycles. The van der Waals surface area contributed by atoms with E-state index in [0.717, 1.165) is 62.2 Å². The molecule has 1 amide bonds. The number of amides is 1. The Bertz CT molecular complexity index is 1050. The molecular formula is C25H36ClN5O3. The molecule has 0 radical (unpaired) electrons. The van der Waals surface area contributed by atoms with Gasteiger partial charge in [0.05, 0.1) is 28.9 Å². The predicted octanol–water partition coefficient (Wildman–Crippen LogP) is 4.62. The largest absolute Gasteiger partial charge is 0.453 e. The fourth-order valence-electron chi connectivity index (χ4n) is 5.56. The number of likely N-dealkylation sites (N-methyl/N-ethyl adjacent to an activating group) is 1. The Hall–Kier alpha value is -2.32. The van der Waals surface area contributed by atoms with Gasteiger partial charge in [-0.1, -0.05) is 25.4 Å². The molecule has 1 aliphatic heterocycles. The molecule has 2 N–H and O–H groups in total. The van der Waals surface area contributed by atoms with Crippen molar-refractivity contribution >= 4 is 40.2 Å². The van der Waals surface area contributed by atoms with Crippen molar-refractivity contribution < 1.29 is 14.3 Å². The zero-order valence-electron chi connectivity index (χ0n) is 20.6. The van der Waals surface area contributed by atoms with Crippen molar-refractivity contribution in [2.75, 3.05) is 38.2 Å². The van der Waals surface area contributed by atoms with E-state index >= 15 is 0 Å². The molecule has 1 aromatic carbocycles. The molecule has 1 saturated carbocycles. The van der Waals surface area contributed by atoms with Crippen LogP contribution in [-0.2, 0) is 4.74 Å². The van der Waals surface area contributed by atoms with Gasteiger partial charge in [-0.3, -0.25) is 9.69 Å². The summed E-state index contributed by atoms with van der Waals surface area (Å²) >= 11 is 6.70. The third kappa shape index (κ3) is 4.75. The van der Waals surface area contributed by atoms with E-state index in [9.17, 15) is 9.59 Å². The third-order valence-electron chi connectivity index (χ3n) is 7.84. The number of hydrogen-bond donors (Lipinski definition) is 2. The summed E-state index contributed by atoms with van der Waals surface area (Å²) in [4.78, 5) is 37.9. The van der Waals surface area contributed by atoms with E-state index in [1.807, 2.05) is 12.1 Å². The fourth-order valence-corrected chi connectivity index (χ4v) is 5.83. The van der Waals surface area contributed by atoms with Crippen molar-refractivity contribution in [3.05, 3.63) is 23.0 Å². The highest BCUT2D eigenvalue weighted by Crippen LogP contribution is 2.42. The number of piperazine rings is 1. The Balaban J connectivity index is 1.54. The van der Waals surface area contributed by atoms with Gasteiger partial charge in [0.2, 0.25) is 5.78 Å². The number of fused-ring (bicyclic) bond motifs is 1. The maximum Gasteiger partial charge on any atom is 0.407 e. The van der Waals surface area contributed by atoms with Crippen LogP contribution in [0.2, 0.25) is 5.02 Å². The number of halogens is 1. The second-order valence-corrected chi connectivity index (χ2v) is 10.1. The van der Waals surface area contributed by atoms with E-state index in [2.05, 4.69) is 40.9 Å². The molecule has 4 rings (SSSR count). The quantitative estimate of drug-likeness (QED) is 0.575. The van der Waals surface area contributed by atoms with Gasteiger partial charge in [0.25, 0.3) is 0 Å². The number of benzene rings is 1. The number of carbonyl (C=O) groups is 2. The first-order valence-electron chi connectivity index (χ1n) is 12.4. The number of alkyl carbamates (subject to hydrolysis) is 1. The molecule has 1 atom stereocenters. The van der Waals surface area contributed by atoms with Crippen LogP contribution in [-0.4, -0.2) is 72.1 Å². The number of ether oxygens (including phenoxy) is 1. The minimum atomic E-state index is -0.472. The number of imidazole rings is 1. The predicted molar refractivity (Wildman–Crippen MR) is 135 cm³/mol. The first kappa shape index (κ1) is 24.8. The number of ketones is 1. The van der Waals surface area contributed by atoms with Crippen LogP contribution in [0.5, 0.6) is 0 Å². The van der Waals surface area contributed by atoms with E-state index < -0.39 is 11.5 Å². The Morgan fingerprint density at radius 3 is 2.62 bits per heavy atom. The monoisotopic (exact) mass is 489 g/mol. The first-order valence-corrected chi connectivity index (χ1v) is 12.8. The summed E-state index contributed by atoms with van der Waals surface area (Å²) in [5.74, 6) is 0.443. The summed E-state index contributed by atoms with van der Waals surface area (Å²) in [6, 6.07) is 4.29. The lowest BCUT2D eigenvalue weighted by Crippen LogP contribution is -2.51. The molecule has 186 valence electrons. The van der Waals surface area contributed by atoms with Crippen LogP contribution in [0.25, 0.3) is 11.0 Å². The molecule has 2 fully saturated rings. The summed E-state index contributed by atoms with van der Waals surface area (Å²) in [5.41, 5.74) is 2.05. The van der Waals surface area contributed by atoms with Gasteiger partial charge in [0, 0.05) is 37.1 Å². The number of aromatic nitrogens is 2. The molecule has 2 aromatic rings. The smallest absolute Gasteiger partial charge is 0.407 e. The van der Waals surface area contributed by atoms with E-state index in [-0.39, 0.29) is 11.8 Å². The lowest BCUT2D eigenvalue weighted by atomic mass is 9.68. The number of nitrogens with one attached hydrogen (secondary N) is 2. The highest BCUT2D eigenvalue weighted by Gasteiger charge is 2.42. The summed E-state index contributed by atoms with van der Waals surface area (Å²) in [7, 11) is 1.36. The normalized spacial score (nSPS) is 26.0. The average Bonchev–Trinajstić information content (AvgIpc) is 3.26. The molecule has 2 aliphatic rings. The van der Waals surface area contributed by atoms with Crippen molar-refractivity contribution in [1.29, 1.82) is 0 Å². The van der Waals surface area contributed by atoms with Crippen molar-refractivity contribution in [3.63, 3.8) is 0 Å². The Morgan fingerprint density at radius 2 is 2.00 bits per heavy atom. The summed E-state index contributed by atoms with van der Waals surface area (Å²) < 4.78 is 4.71. The molecule has 9 heteroatoms. The zero-order chi connectivity index (χ0) is 24.5. The standard InChI is InChI=1S/C25H36ClN5O3/c1-5-25(9-7-17(8-10-25)27-24(33)34-4)22(32)23-28-19-13-18(26)21(14-20(19)29-23)31-12-11-30(6-2)15-16(31)3/h13-14,16-17H,5-12,15H2,1-4H3,(H,27,33)(H,28,29). The lowest BCUT2D eigenvalue weighted by molar-refractivity contribution is 0.0663. The van der Waals surface area contributed by atoms with Gasteiger partial charge < -0.3 is 19.9 Å². The SMILES string of the molecule is CCN1CCN(c2cc3nc(C(=O)C4(CC)CCC(NC(=O)OC)CC4)[nH]c3cc2Cl)C(C)C1. The molecule has 34 heavy (non-hydrogen) atoms. The third-order valence-corrected chi connectivity index (χ3v) is 8.15. The van der Waals surface area contributed by atoms with Crippen LogP contribution in [0.3, 0.4) is 0 Å². The van der Waals surface area contributed by atoms with Crippen LogP contribution in [0.1, 0.15) is 63.5 Å². The number of anilines is 1. The number of H-pyrrole nitrogens is 1. The van der Waals surface area contributed by atoms with E-state index in [4.69, 9.17) is 21.3 Å². The second-order valence-electron chi connectivity index (χ2n) is 9.72. The van der Waals surface area contributed by atoms with Crippen LogP contribution in [0, 0.1) is 5.41 Å². The van der Waals surface area contributed by atoms with Gasteiger partial charge in [-0.2, -0.15) is 0 Å². The number of Topliss-reactive ketones (excluding diaryl/α,β-unsaturated/α-hetero) is 1. The first-order chi connectivity index (χ1) is 16.3. The molecule has 8 nitrogen and oxygen atoms in total. The van der Waals surface area contributed by atoms with E-state index in [0.29, 0.717) is 29.7 Å². The number of methoxy groups -OCH3 is 1. The Kier molecular flexibility index (Phi) is 7.38. The van der Waals surface area contributed by atoms with Crippen LogP contribution in [0.15, 0.2) is 12.1 Å². The van der Waals surface area contributed by atoms with Gasteiger partial charge in [0.1, 0.15) is 0 Å². The molecule has 0 bridgehead atoms. The average molecular weight is 490 g/mol. The molecule has 1 unspecified atom stereocenters. The molecular weight excluding hydrogens is 454 g/mol. The summed E-state index contributed by atoms with van der Waals surface area (Å²) in [5, 5.41) is 3.54. The van der Waals surface area contributed by atoms with Gasteiger partial charge in [-0.15, -0.1) is 0 Å². The minimum Gasteiger partial charge on any atom is -0.453 e. The highest BCUT2D eigenvalue weighted by atomic mass is 35.5. The molecule has 2 heterocycles. The summed E-state index contributed by atoms with van der Waals surface area (Å²) in [6.07, 6.45) is 3.21. The van der Waals surface area contributed by atoms with Crippen molar-refractivity contribution in [1.82, 2.24) is 20.2 Å². The van der Waals surface area contributed by atoms with Crippen molar-refractivity contribution in [2.24, 2.45) is 5.41 Å². The zero-order valence-corrected chi connectivity index (χ0v) is 21.4. The number of nitrogens with zero attached hydrogens (tertiary/aromatic N) is 3. The maximum absolute atomic E-state index is 13.6.